The average Bonchev–Trinajstić information content (AvgIpc) is 3.22. The van der Waals surface area contributed by atoms with E-state index in [1.165, 1.54) is 6.33 Å². The van der Waals surface area contributed by atoms with Crippen molar-refractivity contribution in [1.82, 2.24) is 25.0 Å². The third kappa shape index (κ3) is 4.04. The van der Waals surface area contributed by atoms with E-state index in [0.29, 0.717) is 23.7 Å². The molecule has 1 atom stereocenters. The number of hydrogen-bond acceptors (Lipinski definition) is 4. The number of nitrogens with one attached hydrogen (secondary N) is 1. The molecule has 6 nitrogen and oxygen atoms in total. The Morgan fingerprint density at radius 2 is 2.11 bits per heavy atom. The summed E-state index contributed by atoms with van der Waals surface area (Å²) < 4.78 is 1.70. The number of piperazine rings is 1. The zero-order valence-electron chi connectivity index (χ0n) is 15.4. The van der Waals surface area contributed by atoms with Gasteiger partial charge in [-0.05, 0) is 48.4 Å². The zero-order valence-corrected chi connectivity index (χ0v) is 17.0. The smallest absolute Gasteiger partial charge is 0.254 e. The molecule has 1 N–H and O–H groups in total. The molecular weight excluding hydrogens is 397 g/mol. The fourth-order valence-corrected chi connectivity index (χ4v) is 3.70. The summed E-state index contributed by atoms with van der Waals surface area (Å²) in [5.74, 6) is 0.0229. The maximum absolute atomic E-state index is 13.2. The predicted octanol–water partition coefficient (Wildman–Crippen LogP) is 3.44. The van der Waals surface area contributed by atoms with E-state index in [2.05, 4.69) is 15.4 Å². The first-order valence-corrected chi connectivity index (χ1v) is 9.24. The maximum Gasteiger partial charge on any atom is 0.254 e. The Labute approximate surface area is 174 Å². The van der Waals surface area contributed by atoms with Crippen molar-refractivity contribution in [2.45, 2.75) is 13.0 Å². The van der Waals surface area contributed by atoms with Crippen LogP contribution in [0.3, 0.4) is 0 Å². The Morgan fingerprint density at radius 1 is 1.25 bits per heavy atom. The van der Waals surface area contributed by atoms with E-state index < -0.39 is 0 Å². The maximum atomic E-state index is 13.2. The van der Waals surface area contributed by atoms with Crippen LogP contribution in [0.15, 0.2) is 55.1 Å². The van der Waals surface area contributed by atoms with E-state index in [1.807, 2.05) is 54.3 Å². The first kappa shape index (κ1) is 20.3. The summed E-state index contributed by atoms with van der Waals surface area (Å²) in [5.41, 5.74) is 3.60. The SMILES string of the molecule is Cc1cc(C(=O)N2CCNCC2c2cccc(Cl)c2)ccc1-n1cncn1.Cl. The van der Waals surface area contributed by atoms with Gasteiger partial charge in [-0.3, -0.25) is 4.79 Å². The first-order valence-electron chi connectivity index (χ1n) is 8.86. The van der Waals surface area contributed by atoms with Gasteiger partial charge in [-0.25, -0.2) is 9.67 Å². The van der Waals surface area contributed by atoms with E-state index in [0.717, 1.165) is 23.4 Å². The quantitative estimate of drug-likeness (QED) is 0.708. The topological polar surface area (TPSA) is 63.1 Å². The molecule has 1 unspecified atom stereocenters. The average molecular weight is 418 g/mol. The summed E-state index contributed by atoms with van der Waals surface area (Å²) in [5, 5.41) is 8.21. The summed E-state index contributed by atoms with van der Waals surface area (Å²) in [6.07, 6.45) is 3.14. The molecule has 0 saturated carbocycles. The van der Waals surface area contributed by atoms with Crippen molar-refractivity contribution >= 4 is 29.9 Å². The van der Waals surface area contributed by atoms with Crippen LogP contribution >= 0.6 is 24.0 Å². The lowest BCUT2D eigenvalue weighted by atomic mass is 10.0. The summed E-state index contributed by atoms with van der Waals surface area (Å²) in [7, 11) is 0. The van der Waals surface area contributed by atoms with Crippen LogP contribution in [0.4, 0.5) is 0 Å². The van der Waals surface area contributed by atoms with Crippen molar-refractivity contribution in [2.24, 2.45) is 0 Å². The highest BCUT2D eigenvalue weighted by Gasteiger charge is 2.29. The number of aromatic nitrogens is 3. The monoisotopic (exact) mass is 417 g/mol. The minimum Gasteiger partial charge on any atom is -0.329 e. The highest BCUT2D eigenvalue weighted by molar-refractivity contribution is 6.30. The molecule has 1 fully saturated rings. The van der Waals surface area contributed by atoms with Gasteiger partial charge >= 0.3 is 0 Å². The number of benzene rings is 2. The number of carbonyl (C=O) groups is 1. The molecule has 0 spiro atoms. The molecule has 1 amide bonds. The second-order valence-corrected chi connectivity index (χ2v) is 7.05. The lowest BCUT2D eigenvalue weighted by molar-refractivity contribution is 0.0634. The van der Waals surface area contributed by atoms with E-state index in [-0.39, 0.29) is 24.4 Å². The van der Waals surface area contributed by atoms with Crippen molar-refractivity contribution in [3.05, 3.63) is 76.8 Å². The molecule has 0 aliphatic carbocycles. The molecule has 28 heavy (non-hydrogen) atoms. The van der Waals surface area contributed by atoms with Crippen LogP contribution in [0.2, 0.25) is 5.02 Å². The Bertz CT molecular complexity index is 961. The van der Waals surface area contributed by atoms with Gasteiger partial charge in [-0.15, -0.1) is 12.4 Å². The molecule has 0 bridgehead atoms. The minimum atomic E-state index is -0.0414. The highest BCUT2D eigenvalue weighted by Crippen LogP contribution is 2.27. The molecule has 1 saturated heterocycles. The summed E-state index contributed by atoms with van der Waals surface area (Å²) in [4.78, 5) is 19.2. The molecular formula is C20H21Cl2N5O. The van der Waals surface area contributed by atoms with Crippen LogP contribution in [0.5, 0.6) is 0 Å². The zero-order chi connectivity index (χ0) is 18.8. The van der Waals surface area contributed by atoms with Crippen LogP contribution < -0.4 is 5.32 Å². The van der Waals surface area contributed by atoms with Crippen LogP contribution in [-0.4, -0.2) is 45.2 Å². The minimum absolute atomic E-state index is 0. The fraction of sp³-hybridized carbons (Fsp3) is 0.250. The van der Waals surface area contributed by atoms with Gasteiger partial charge in [0.25, 0.3) is 5.91 Å². The molecule has 4 rings (SSSR count). The van der Waals surface area contributed by atoms with Crippen molar-refractivity contribution in [1.29, 1.82) is 0 Å². The molecule has 2 heterocycles. The Hall–Kier alpha value is -2.41. The fourth-order valence-electron chi connectivity index (χ4n) is 3.50. The molecule has 8 heteroatoms. The molecule has 1 aliphatic rings. The van der Waals surface area contributed by atoms with Crippen LogP contribution in [0.1, 0.15) is 27.5 Å². The van der Waals surface area contributed by atoms with Crippen molar-refractivity contribution in [3.63, 3.8) is 0 Å². The van der Waals surface area contributed by atoms with Gasteiger partial charge in [0.05, 0.1) is 11.7 Å². The van der Waals surface area contributed by atoms with Gasteiger partial charge < -0.3 is 10.2 Å². The van der Waals surface area contributed by atoms with Gasteiger partial charge in [0.15, 0.2) is 0 Å². The number of halogens is 2. The standard InChI is InChI=1S/C20H20ClN5O.ClH/c1-14-9-16(5-6-18(14)26-13-23-12-24-26)20(27)25-8-7-22-11-19(25)15-3-2-4-17(21)10-15;/h2-6,9-10,12-13,19,22H,7-8,11H2,1H3;1H. The normalized spacial score (nSPS) is 16.5. The summed E-state index contributed by atoms with van der Waals surface area (Å²) >= 11 is 6.16. The molecule has 3 aromatic rings. The van der Waals surface area contributed by atoms with Crippen molar-refractivity contribution < 1.29 is 4.79 Å². The van der Waals surface area contributed by atoms with E-state index >= 15 is 0 Å². The Morgan fingerprint density at radius 3 is 2.82 bits per heavy atom. The third-order valence-electron chi connectivity index (χ3n) is 4.85. The highest BCUT2D eigenvalue weighted by atomic mass is 35.5. The van der Waals surface area contributed by atoms with E-state index in [9.17, 15) is 4.79 Å². The van der Waals surface area contributed by atoms with Crippen LogP contribution in [0.25, 0.3) is 5.69 Å². The van der Waals surface area contributed by atoms with Gasteiger partial charge in [0.1, 0.15) is 12.7 Å². The van der Waals surface area contributed by atoms with Gasteiger partial charge in [0, 0.05) is 30.2 Å². The first-order chi connectivity index (χ1) is 13.1. The second kappa shape index (κ2) is 8.73. The largest absolute Gasteiger partial charge is 0.329 e. The molecule has 1 aliphatic heterocycles. The van der Waals surface area contributed by atoms with E-state index in [1.54, 1.807) is 11.0 Å². The Kier molecular flexibility index (Phi) is 6.34. The molecule has 146 valence electrons. The number of rotatable bonds is 3. The number of amides is 1. The predicted molar refractivity (Wildman–Crippen MR) is 111 cm³/mol. The number of aryl methyl sites for hydroxylation is 1. The Balaban J connectivity index is 0.00000225. The van der Waals surface area contributed by atoms with Crippen molar-refractivity contribution in [2.75, 3.05) is 19.6 Å². The van der Waals surface area contributed by atoms with Gasteiger partial charge in [0.2, 0.25) is 0 Å². The second-order valence-electron chi connectivity index (χ2n) is 6.61. The lowest BCUT2D eigenvalue weighted by Crippen LogP contribution is -2.48. The van der Waals surface area contributed by atoms with Gasteiger partial charge in [-0.2, -0.15) is 5.10 Å². The van der Waals surface area contributed by atoms with Crippen LogP contribution in [-0.2, 0) is 0 Å². The third-order valence-corrected chi connectivity index (χ3v) is 5.08. The number of nitrogens with zero attached hydrogens (tertiary/aromatic N) is 4. The van der Waals surface area contributed by atoms with Gasteiger partial charge in [-0.1, -0.05) is 23.7 Å². The molecule has 1 aromatic heterocycles. The lowest BCUT2D eigenvalue weighted by Gasteiger charge is -2.36. The molecule has 0 radical (unpaired) electrons. The summed E-state index contributed by atoms with van der Waals surface area (Å²) in [6.45, 7) is 4.11. The van der Waals surface area contributed by atoms with E-state index in [4.69, 9.17) is 11.6 Å². The number of hydrogen-bond donors (Lipinski definition) is 1. The molecule has 2 aromatic carbocycles. The van der Waals surface area contributed by atoms with Crippen molar-refractivity contribution in [3.8, 4) is 5.69 Å². The van der Waals surface area contributed by atoms with Crippen LogP contribution in [0, 0.1) is 6.92 Å². The number of carbonyl (C=O) groups excluding carboxylic acids is 1. The summed E-state index contributed by atoms with van der Waals surface area (Å²) in [6, 6.07) is 13.3.